The molecule has 2 aromatic carbocycles. The van der Waals surface area contributed by atoms with Crippen molar-refractivity contribution < 1.29 is 9.53 Å². The largest absolute Gasteiger partial charge is 0.493 e. The molecule has 0 aliphatic rings. The molecular formula is C17H18BrNO2. The fourth-order valence-corrected chi connectivity index (χ4v) is 1.97. The average Bonchev–Trinajstić information content (AvgIpc) is 2.47. The van der Waals surface area contributed by atoms with Gasteiger partial charge in [-0.25, -0.2) is 0 Å². The van der Waals surface area contributed by atoms with Gasteiger partial charge >= 0.3 is 0 Å². The number of carbonyl (C=O) groups excluding carboxylic acids is 1. The van der Waals surface area contributed by atoms with E-state index in [1.54, 1.807) is 12.1 Å². The number of anilines is 1. The second kappa shape index (κ2) is 7.27. The first kappa shape index (κ1) is 15.6. The maximum atomic E-state index is 12.1. The lowest BCUT2D eigenvalue weighted by molar-refractivity contribution is 0.102. The lowest BCUT2D eigenvalue weighted by Gasteiger charge is -2.10. The summed E-state index contributed by atoms with van der Waals surface area (Å²) in [6.45, 7) is 4.89. The van der Waals surface area contributed by atoms with Gasteiger partial charge in [0, 0.05) is 15.7 Å². The van der Waals surface area contributed by atoms with Gasteiger partial charge in [0.25, 0.3) is 5.91 Å². The Morgan fingerprint density at radius 2 is 1.71 bits per heavy atom. The number of nitrogens with one attached hydrogen (secondary N) is 1. The molecule has 0 atom stereocenters. The molecule has 0 spiro atoms. The van der Waals surface area contributed by atoms with E-state index in [2.05, 4.69) is 35.1 Å². The number of amides is 1. The zero-order chi connectivity index (χ0) is 15.2. The third-order valence-corrected chi connectivity index (χ3v) is 3.33. The van der Waals surface area contributed by atoms with Crippen LogP contribution in [0.15, 0.2) is 53.0 Å². The highest BCUT2D eigenvalue weighted by Crippen LogP contribution is 2.18. The van der Waals surface area contributed by atoms with Crippen LogP contribution < -0.4 is 10.1 Å². The van der Waals surface area contributed by atoms with Gasteiger partial charge in [-0.1, -0.05) is 29.8 Å². The lowest BCUT2D eigenvalue weighted by atomic mass is 10.2. The topological polar surface area (TPSA) is 38.3 Å². The normalized spacial score (nSPS) is 10.5. The minimum absolute atomic E-state index is 0.127. The van der Waals surface area contributed by atoms with Crippen molar-refractivity contribution in [3.8, 4) is 5.75 Å². The molecule has 2 rings (SSSR count). The molecule has 0 fully saturated rings. The van der Waals surface area contributed by atoms with Gasteiger partial charge in [-0.05, 0) is 54.4 Å². The molecule has 0 unspecified atom stereocenters. The fourth-order valence-electron chi connectivity index (χ4n) is 1.70. The minimum atomic E-state index is -0.127. The summed E-state index contributed by atoms with van der Waals surface area (Å²) in [5.41, 5.74) is 1.37. The summed E-state index contributed by atoms with van der Waals surface area (Å²) in [5.74, 6) is 1.17. The Kier molecular flexibility index (Phi) is 5.39. The van der Waals surface area contributed by atoms with Crippen LogP contribution in [0.1, 0.15) is 24.2 Å². The van der Waals surface area contributed by atoms with Gasteiger partial charge in [0.15, 0.2) is 0 Å². The highest BCUT2D eigenvalue weighted by Gasteiger charge is 2.06. The maximum absolute atomic E-state index is 12.1. The molecule has 2 aromatic rings. The van der Waals surface area contributed by atoms with Crippen molar-refractivity contribution in [3.63, 3.8) is 0 Å². The smallest absolute Gasteiger partial charge is 0.255 e. The molecule has 4 heteroatoms. The van der Waals surface area contributed by atoms with Crippen molar-refractivity contribution in [1.29, 1.82) is 0 Å². The molecule has 1 amide bonds. The van der Waals surface area contributed by atoms with E-state index >= 15 is 0 Å². The minimum Gasteiger partial charge on any atom is -0.493 e. The second-order valence-corrected chi connectivity index (χ2v) is 6.11. The van der Waals surface area contributed by atoms with Crippen LogP contribution in [0, 0.1) is 5.92 Å². The first-order valence-electron chi connectivity index (χ1n) is 6.84. The molecule has 0 aliphatic heterocycles. The number of halogens is 1. The molecular weight excluding hydrogens is 330 g/mol. The highest BCUT2D eigenvalue weighted by molar-refractivity contribution is 9.10. The van der Waals surface area contributed by atoms with E-state index in [9.17, 15) is 4.79 Å². The van der Waals surface area contributed by atoms with E-state index in [-0.39, 0.29) is 5.91 Å². The molecule has 0 aromatic heterocycles. The van der Waals surface area contributed by atoms with Crippen LogP contribution in [-0.4, -0.2) is 12.5 Å². The second-order valence-electron chi connectivity index (χ2n) is 5.19. The Hall–Kier alpha value is -1.81. The number of rotatable bonds is 5. The Morgan fingerprint density at radius 1 is 1.10 bits per heavy atom. The van der Waals surface area contributed by atoms with Crippen LogP contribution in [0.5, 0.6) is 5.75 Å². The molecule has 21 heavy (non-hydrogen) atoms. The van der Waals surface area contributed by atoms with Crippen molar-refractivity contribution >= 4 is 27.5 Å². The van der Waals surface area contributed by atoms with Gasteiger partial charge in [-0.3, -0.25) is 4.79 Å². The van der Waals surface area contributed by atoms with Gasteiger partial charge in [-0.2, -0.15) is 0 Å². The van der Waals surface area contributed by atoms with Crippen LogP contribution in [0.3, 0.4) is 0 Å². The molecule has 1 N–H and O–H groups in total. The number of hydrogen-bond donors (Lipinski definition) is 1. The number of hydrogen-bond acceptors (Lipinski definition) is 2. The lowest BCUT2D eigenvalue weighted by Crippen LogP contribution is -2.11. The summed E-state index contributed by atoms with van der Waals surface area (Å²) in [4.78, 5) is 12.1. The Balaban J connectivity index is 1.96. The Labute approximate surface area is 133 Å². The molecule has 0 saturated carbocycles. The molecule has 110 valence electrons. The van der Waals surface area contributed by atoms with Gasteiger partial charge in [0.1, 0.15) is 5.75 Å². The Morgan fingerprint density at radius 3 is 2.29 bits per heavy atom. The number of ether oxygens (including phenoxy) is 1. The van der Waals surface area contributed by atoms with Crippen LogP contribution in [0.25, 0.3) is 0 Å². The van der Waals surface area contributed by atoms with Crippen molar-refractivity contribution in [1.82, 2.24) is 0 Å². The van der Waals surface area contributed by atoms with Crippen molar-refractivity contribution in [3.05, 3.63) is 58.6 Å². The van der Waals surface area contributed by atoms with Gasteiger partial charge in [0.2, 0.25) is 0 Å². The van der Waals surface area contributed by atoms with Crippen molar-refractivity contribution in [2.75, 3.05) is 11.9 Å². The zero-order valence-electron chi connectivity index (χ0n) is 12.1. The van der Waals surface area contributed by atoms with E-state index < -0.39 is 0 Å². The SMILES string of the molecule is CC(C)COc1ccc(NC(=O)c2ccc(Br)cc2)cc1. The van der Waals surface area contributed by atoms with E-state index in [1.165, 1.54) is 0 Å². The third-order valence-electron chi connectivity index (χ3n) is 2.80. The van der Waals surface area contributed by atoms with Crippen molar-refractivity contribution in [2.45, 2.75) is 13.8 Å². The summed E-state index contributed by atoms with van der Waals surface area (Å²) >= 11 is 3.35. The third kappa shape index (κ3) is 4.90. The van der Waals surface area contributed by atoms with E-state index in [0.29, 0.717) is 18.1 Å². The zero-order valence-corrected chi connectivity index (χ0v) is 13.7. The van der Waals surface area contributed by atoms with E-state index in [1.807, 2.05) is 36.4 Å². The van der Waals surface area contributed by atoms with E-state index in [0.717, 1.165) is 15.9 Å². The highest BCUT2D eigenvalue weighted by atomic mass is 79.9. The average molecular weight is 348 g/mol. The summed E-state index contributed by atoms with van der Waals surface area (Å²) in [5, 5.41) is 2.86. The first-order chi connectivity index (χ1) is 10.0. The summed E-state index contributed by atoms with van der Waals surface area (Å²) in [6.07, 6.45) is 0. The fraction of sp³-hybridized carbons (Fsp3) is 0.235. The molecule has 3 nitrogen and oxygen atoms in total. The standard InChI is InChI=1S/C17H18BrNO2/c1-12(2)11-21-16-9-7-15(8-10-16)19-17(20)13-3-5-14(18)6-4-13/h3-10,12H,11H2,1-2H3,(H,19,20). The van der Waals surface area contributed by atoms with E-state index in [4.69, 9.17) is 4.74 Å². The number of carbonyl (C=O) groups is 1. The van der Waals surface area contributed by atoms with Gasteiger partial charge < -0.3 is 10.1 Å². The predicted molar refractivity (Wildman–Crippen MR) is 88.9 cm³/mol. The first-order valence-corrected chi connectivity index (χ1v) is 7.63. The molecule has 0 heterocycles. The van der Waals surface area contributed by atoms with Crippen LogP contribution in [0.4, 0.5) is 5.69 Å². The maximum Gasteiger partial charge on any atom is 0.255 e. The summed E-state index contributed by atoms with van der Waals surface area (Å²) in [6, 6.07) is 14.6. The predicted octanol–water partition coefficient (Wildman–Crippen LogP) is 4.74. The Bertz CT molecular complexity index is 591. The van der Waals surface area contributed by atoms with Gasteiger partial charge in [-0.15, -0.1) is 0 Å². The van der Waals surface area contributed by atoms with Crippen LogP contribution >= 0.6 is 15.9 Å². The van der Waals surface area contributed by atoms with Crippen LogP contribution in [-0.2, 0) is 0 Å². The number of benzene rings is 2. The summed E-state index contributed by atoms with van der Waals surface area (Å²) in [7, 11) is 0. The van der Waals surface area contributed by atoms with Crippen molar-refractivity contribution in [2.24, 2.45) is 5.92 Å². The quantitative estimate of drug-likeness (QED) is 0.848. The summed E-state index contributed by atoms with van der Waals surface area (Å²) < 4.78 is 6.56. The van der Waals surface area contributed by atoms with Gasteiger partial charge in [0.05, 0.1) is 6.61 Å². The van der Waals surface area contributed by atoms with Crippen LogP contribution in [0.2, 0.25) is 0 Å². The molecule has 0 bridgehead atoms. The monoisotopic (exact) mass is 347 g/mol. The molecule has 0 aliphatic carbocycles. The molecule has 0 saturated heterocycles. The molecule has 0 radical (unpaired) electrons.